The van der Waals surface area contributed by atoms with Crippen molar-refractivity contribution in [2.45, 2.75) is 25.1 Å². The van der Waals surface area contributed by atoms with Gasteiger partial charge in [-0.25, -0.2) is 4.79 Å². The van der Waals surface area contributed by atoms with Crippen LogP contribution in [-0.2, 0) is 22.1 Å². The number of anilines is 1. The first kappa shape index (κ1) is 13.7. The van der Waals surface area contributed by atoms with Crippen LogP contribution in [0.2, 0.25) is 0 Å². The third-order valence-electron chi connectivity index (χ3n) is 3.42. The molecule has 0 fully saturated rings. The monoisotopic (exact) mass is 273 g/mol. The summed E-state index contributed by atoms with van der Waals surface area (Å²) in [7, 11) is 2.89. The Morgan fingerprint density at radius 3 is 2.68 bits per heavy atom. The Labute approximate surface area is 109 Å². The average Bonchev–Trinajstić information content (AvgIpc) is 2.37. The molecule has 0 spiro atoms. The predicted molar refractivity (Wildman–Crippen MR) is 64.0 cm³/mol. The molecule has 1 aliphatic heterocycles. The lowest BCUT2D eigenvalue weighted by Gasteiger charge is -2.34. The molecule has 0 bridgehead atoms. The van der Waals surface area contributed by atoms with Gasteiger partial charge < -0.3 is 9.64 Å². The Balaban J connectivity index is 2.38. The van der Waals surface area contributed by atoms with Gasteiger partial charge in [-0.3, -0.25) is 0 Å². The zero-order valence-electron chi connectivity index (χ0n) is 10.6. The summed E-state index contributed by atoms with van der Waals surface area (Å²) in [5.41, 5.74) is 0.552. The number of carbonyl (C=O) groups excluding carboxylic acids is 1. The van der Waals surface area contributed by atoms with Gasteiger partial charge in [0, 0.05) is 12.7 Å². The predicted octanol–water partition coefficient (Wildman–Crippen LogP) is 2.63. The van der Waals surface area contributed by atoms with Crippen LogP contribution in [0.15, 0.2) is 18.2 Å². The summed E-state index contributed by atoms with van der Waals surface area (Å²) in [6.07, 6.45) is -3.27. The highest BCUT2D eigenvalue weighted by atomic mass is 19.4. The third-order valence-corrected chi connectivity index (χ3v) is 3.42. The van der Waals surface area contributed by atoms with Gasteiger partial charge in [0.25, 0.3) is 0 Å². The summed E-state index contributed by atoms with van der Waals surface area (Å²) in [4.78, 5) is 13.1. The first-order chi connectivity index (χ1) is 8.84. The van der Waals surface area contributed by atoms with E-state index < -0.39 is 23.8 Å². The maximum absolute atomic E-state index is 12.7. The van der Waals surface area contributed by atoms with E-state index in [9.17, 15) is 18.0 Å². The molecule has 1 atom stereocenters. The highest BCUT2D eigenvalue weighted by Crippen LogP contribution is 2.36. The molecule has 6 heteroatoms. The second-order valence-corrected chi connectivity index (χ2v) is 4.53. The highest BCUT2D eigenvalue weighted by molar-refractivity contribution is 5.81. The molecule has 1 aromatic carbocycles. The number of aryl methyl sites for hydroxylation is 1. The number of hydrogen-bond acceptors (Lipinski definition) is 3. The molecule has 0 N–H and O–H groups in total. The number of hydrogen-bond donors (Lipinski definition) is 0. The number of methoxy groups -OCH3 is 1. The molecule has 19 heavy (non-hydrogen) atoms. The van der Waals surface area contributed by atoms with Crippen LogP contribution in [0.5, 0.6) is 0 Å². The number of likely N-dealkylation sites (N-methyl/N-ethyl adjacent to an activating group) is 1. The van der Waals surface area contributed by atoms with Crippen LogP contribution in [0.1, 0.15) is 17.5 Å². The zero-order valence-corrected chi connectivity index (χ0v) is 10.6. The van der Waals surface area contributed by atoms with E-state index in [1.807, 2.05) is 0 Å². The van der Waals surface area contributed by atoms with Gasteiger partial charge in [-0.05, 0) is 30.5 Å². The van der Waals surface area contributed by atoms with Crippen molar-refractivity contribution in [3.05, 3.63) is 29.3 Å². The Hall–Kier alpha value is -1.72. The van der Waals surface area contributed by atoms with Crippen LogP contribution in [0, 0.1) is 0 Å². The molecule has 1 aliphatic rings. The van der Waals surface area contributed by atoms with Gasteiger partial charge in [0.2, 0.25) is 0 Å². The van der Waals surface area contributed by atoms with Crippen molar-refractivity contribution in [2.24, 2.45) is 0 Å². The average molecular weight is 273 g/mol. The quantitative estimate of drug-likeness (QED) is 0.737. The fraction of sp³-hybridized carbons (Fsp3) is 0.462. The molecule has 0 aliphatic carbocycles. The molecule has 0 saturated carbocycles. The fourth-order valence-electron chi connectivity index (χ4n) is 2.35. The molecule has 1 aromatic rings. The number of esters is 1. The summed E-state index contributed by atoms with van der Waals surface area (Å²) >= 11 is 0. The van der Waals surface area contributed by atoms with Crippen molar-refractivity contribution in [3.8, 4) is 0 Å². The minimum atomic E-state index is -4.38. The summed E-state index contributed by atoms with van der Waals surface area (Å²) in [6.45, 7) is 0. The largest absolute Gasteiger partial charge is 0.467 e. The van der Waals surface area contributed by atoms with E-state index in [2.05, 4.69) is 4.74 Å². The molecule has 0 amide bonds. The Morgan fingerprint density at radius 1 is 1.42 bits per heavy atom. The second-order valence-electron chi connectivity index (χ2n) is 4.53. The zero-order chi connectivity index (χ0) is 14.2. The van der Waals surface area contributed by atoms with E-state index in [0.29, 0.717) is 18.5 Å². The Kier molecular flexibility index (Phi) is 3.43. The molecule has 0 radical (unpaired) electrons. The van der Waals surface area contributed by atoms with Crippen molar-refractivity contribution in [2.75, 3.05) is 19.1 Å². The molecular weight excluding hydrogens is 259 g/mol. The van der Waals surface area contributed by atoms with E-state index in [-0.39, 0.29) is 0 Å². The van der Waals surface area contributed by atoms with E-state index in [4.69, 9.17) is 0 Å². The number of carbonyl (C=O) groups is 1. The van der Waals surface area contributed by atoms with E-state index in [1.54, 1.807) is 11.9 Å². The second kappa shape index (κ2) is 4.75. The standard InChI is InChI=1S/C13H14F3NO2/c1-17-10(12(18)19-2)6-4-8-3-5-9(7-11(8)17)13(14,15)16/h3,5,7,10H,4,6H2,1-2H3. The summed E-state index contributed by atoms with van der Waals surface area (Å²) in [5.74, 6) is -0.425. The van der Waals surface area contributed by atoms with Crippen LogP contribution < -0.4 is 4.90 Å². The van der Waals surface area contributed by atoms with Gasteiger partial charge in [0.1, 0.15) is 6.04 Å². The number of rotatable bonds is 1. The van der Waals surface area contributed by atoms with Crippen molar-refractivity contribution in [1.29, 1.82) is 0 Å². The summed E-state index contributed by atoms with van der Waals surface area (Å²) < 4.78 is 42.8. The summed E-state index contributed by atoms with van der Waals surface area (Å²) in [6, 6.07) is 3.11. The smallest absolute Gasteiger partial charge is 0.416 e. The van der Waals surface area contributed by atoms with E-state index in [0.717, 1.165) is 17.7 Å². The topological polar surface area (TPSA) is 29.5 Å². The van der Waals surface area contributed by atoms with Crippen molar-refractivity contribution in [3.63, 3.8) is 0 Å². The molecule has 1 heterocycles. The van der Waals surface area contributed by atoms with E-state index in [1.165, 1.54) is 13.2 Å². The van der Waals surface area contributed by atoms with Crippen LogP contribution >= 0.6 is 0 Å². The molecule has 1 unspecified atom stereocenters. The van der Waals surface area contributed by atoms with Crippen molar-refractivity contribution in [1.82, 2.24) is 0 Å². The van der Waals surface area contributed by atoms with Gasteiger partial charge in [-0.1, -0.05) is 6.07 Å². The van der Waals surface area contributed by atoms with Crippen molar-refractivity contribution < 1.29 is 22.7 Å². The van der Waals surface area contributed by atoms with Crippen LogP contribution in [0.4, 0.5) is 18.9 Å². The molecule has 0 aromatic heterocycles. The van der Waals surface area contributed by atoms with Gasteiger partial charge in [-0.2, -0.15) is 13.2 Å². The minimum absolute atomic E-state index is 0.425. The normalized spacial score (nSPS) is 19.0. The first-order valence-electron chi connectivity index (χ1n) is 5.85. The molecular formula is C13H14F3NO2. The number of nitrogens with zero attached hydrogens (tertiary/aromatic N) is 1. The molecule has 0 saturated heterocycles. The number of alkyl halides is 3. The minimum Gasteiger partial charge on any atom is -0.467 e. The fourth-order valence-corrected chi connectivity index (χ4v) is 2.35. The molecule has 2 rings (SSSR count). The Bertz CT molecular complexity index is 499. The lowest BCUT2D eigenvalue weighted by atomic mass is 9.95. The van der Waals surface area contributed by atoms with Crippen LogP contribution in [0.3, 0.4) is 0 Å². The highest BCUT2D eigenvalue weighted by Gasteiger charge is 2.34. The SMILES string of the molecule is COC(=O)C1CCc2ccc(C(F)(F)F)cc2N1C. The number of halogens is 3. The van der Waals surface area contributed by atoms with Crippen molar-refractivity contribution >= 4 is 11.7 Å². The molecule has 104 valence electrons. The number of benzene rings is 1. The first-order valence-corrected chi connectivity index (χ1v) is 5.85. The van der Waals surface area contributed by atoms with Crippen LogP contribution in [0.25, 0.3) is 0 Å². The van der Waals surface area contributed by atoms with E-state index >= 15 is 0 Å². The van der Waals surface area contributed by atoms with Gasteiger partial charge >= 0.3 is 12.1 Å². The number of ether oxygens (including phenoxy) is 1. The summed E-state index contributed by atoms with van der Waals surface area (Å²) in [5, 5.41) is 0. The lowest BCUT2D eigenvalue weighted by Crippen LogP contribution is -2.42. The van der Waals surface area contributed by atoms with Crippen LogP contribution in [-0.4, -0.2) is 26.2 Å². The maximum Gasteiger partial charge on any atom is 0.416 e. The Morgan fingerprint density at radius 2 is 2.11 bits per heavy atom. The molecule has 3 nitrogen and oxygen atoms in total. The van der Waals surface area contributed by atoms with Gasteiger partial charge in [-0.15, -0.1) is 0 Å². The van der Waals surface area contributed by atoms with Gasteiger partial charge in [0.05, 0.1) is 12.7 Å². The lowest BCUT2D eigenvalue weighted by molar-refractivity contribution is -0.142. The number of fused-ring (bicyclic) bond motifs is 1. The van der Waals surface area contributed by atoms with Gasteiger partial charge in [0.15, 0.2) is 0 Å². The maximum atomic E-state index is 12.7. The third kappa shape index (κ3) is 2.52.